The largest absolute Gasteiger partial charge is 0.487 e. The van der Waals surface area contributed by atoms with Crippen LogP contribution in [-0.2, 0) is 24.9 Å². The van der Waals surface area contributed by atoms with E-state index in [1.807, 2.05) is 4.68 Å². The lowest BCUT2D eigenvalue weighted by molar-refractivity contribution is 0.288. The molecule has 0 amide bonds. The quantitative estimate of drug-likeness (QED) is 0.737. The summed E-state index contributed by atoms with van der Waals surface area (Å²) in [6.07, 6.45) is 0.955. The Balaban J connectivity index is 2.18. The summed E-state index contributed by atoms with van der Waals surface area (Å²) in [5.74, 6) is 0.978. The van der Waals surface area contributed by atoms with Gasteiger partial charge in [0.1, 0.15) is 12.4 Å². The summed E-state index contributed by atoms with van der Waals surface area (Å²) in [5.41, 5.74) is 4.60. The molecule has 0 radical (unpaired) electrons. The van der Waals surface area contributed by atoms with Crippen molar-refractivity contribution in [1.82, 2.24) is 9.78 Å². The standard InChI is InChI=1S/C16H21BrN2O/c1-4-14-9-15(19(5-2)18-14)11-20-16-12(3)7-6-8-13(16)10-17/h6-9H,4-5,10-11H2,1-3H3. The van der Waals surface area contributed by atoms with Gasteiger partial charge in [0.05, 0.1) is 11.4 Å². The summed E-state index contributed by atoms with van der Waals surface area (Å²) in [6, 6.07) is 8.36. The smallest absolute Gasteiger partial charge is 0.130 e. The van der Waals surface area contributed by atoms with E-state index < -0.39 is 0 Å². The number of ether oxygens (including phenoxy) is 1. The molecule has 2 rings (SSSR count). The lowest BCUT2D eigenvalue weighted by atomic mass is 10.1. The Kier molecular flexibility index (Phi) is 5.24. The van der Waals surface area contributed by atoms with Gasteiger partial charge in [0, 0.05) is 17.4 Å². The number of aryl methyl sites for hydroxylation is 3. The second-order valence-corrected chi connectivity index (χ2v) is 5.34. The minimum Gasteiger partial charge on any atom is -0.487 e. The van der Waals surface area contributed by atoms with Crippen molar-refractivity contribution in [1.29, 1.82) is 0 Å². The second-order valence-electron chi connectivity index (χ2n) is 4.78. The number of alkyl halides is 1. The van der Waals surface area contributed by atoms with E-state index in [9.17, 15) is 0 Å². The first-order valence-electron chi connectivity index (χ1n) is 7.02. The summed E-state index contributed by atoms with van der Waals surface area (Å²) < 4.78 is 8.07. The summed E-state index contributed by atoms with van der Waals surface area (Å²) in [7, 11) is 0. The van der Waals surface area contributed by atoms with Gasteiger partial charge in [-0.25, -0.2) is 0 Å². The van der Waals surface area contributed by atoms with Crippen molar-refractivity contribution < 1.29 is 4.74 Å². The average Bonchev–Trinajstić information content (AvgIpc) is 2.88. The van der Waals surface area contributed by atoms with Crippen LogP contribution in [0.5, 0.6) is 5.75 Å². The van der Waals surface area contributed by atoms with Crippen LogP contribution in [0.1, 0.15) is 36.4 Å². The molecule has 0 atom stereocenters. The number of halogens is 1. The molecule has 0 aliphatic rings. The van der Waals surface area contributed by atoms with Crippen molar-refractivity contribution >= 4 is 15.9 Å². The zero-order chi connectivity index (χ0) is 14.5. The zero-order valence-corrected chi connectivity index (χ0v) is 13.9. The Labute approximate surface area is 129 Å². The number of benzene rings is 1. The van der Waals surface area contributed by atoms with E-state index >= 15 is 0 Å². The summed E-state index contributed by atoms with van der Waals surface area (Å²) in [5, 5.41) is 5.35. The van der Waals surface area contributed by atoms with Crippen molar-refractivity contribution in [3.63, 3.8) is 0 Å². The van der Waals surface area contributed by atoms with Gasteiger partial charge < -0.3 is 4.74 Å². The summed E-state index contributed by atoms with van der Waals surface area (Å²) in [4.78, 5) is 0. The van der Waals surface area contributed by atoms with E-state index in [1.54, 1.807) is 0 Å². The number of aromatic nitrogens is 2. The predicted molar refractivity (Wildman–Crippen MR) is 85.4 cm³/mol. The van der Waals surface area contributed by atoms with Gasteiger partial charge in [-0.1, -0.05) is 41.1 Å². The van der Waals surface area contributed by atoms with Gasteiger partial charge >= 0.3 is 0 Å². The summed E-state index contributed by atoms with van der Waals surface area (Å²) in [6.45, 7) is 7.74. The molecular weight excluding hydrogens is 316 g/mol. The number of hydrogen-bond acceptors (Lipinski definition) is 2. The molecule has 20 heavy (non-hydrogen) atoms. The molecule has 0 spiro atoms. The molecule has 0 saturated carbocycles. The number of hydrogen-bond donors (Lipinski definition) is 0. The molecule has 1 aromatic carbocycles. The molecule has 0 saturated heterocycles. The third kappa shape index (κ3) is 3.23. The van der Waals surface area contributed by atoms with Crippen LogP contribution in [0.2, 0.25) is 0 Å². The zero-order valence-electron chi connectivity index (χ0n) is 12.3. The number of rotatable bonds is 6. The van der Waals surface area contributed by atoms with E-state index in [4.69, 9.17) is 4.74 Å². The molecule has 1 aromatic heterocycles. The second kappa shape index (κ2) is 6.93. The van der Waals surface area contributed by atoms with Gasteiger partial charge in [-0.15, -0.1) is 0 Å². The molecule has 0 N–H and O–H groups in total. The molecule has 3 nitrogen and oxygen atoms in total. The predicted octanol–water partition coefficient (Wildman–Crippen LogP) is 4.25. The monoisotopic (exact) mass is 336 g/mol. The molecule has 0 bridgehead atoms. The van der Waals surface area contributed by atoms with Crippen molar-refractivity contribution in [2.75, 3.05) is 0 Å². The molecule has 0 unspecified atom stereocenters. The van der Waals surface area contributed by atoms with E-state index in [0.29, 0.717) is 6.61 Å². The average molecular weight is 337 g/mol. The topological polar surface area (TPSA) is 27.1 Å². The molecule has 0 aliphatic carbocycles. The molecule has 2 aromatic rings. The number of nitrogens with zero attached hydrogens (tertiary/aromatic N) is 2. The first-order valence-corrected chi connectivity index (χ1v) is 8.14. The molecule has 1 heterocycles. The van der Waals surface area contributed by atoms with Gasteiger partial charge in [0.15, 0.2) is 0 Å². The molecule has 0 fully saturated rings. The highest BCUT2D eigenvalue weighted by atomic mass is 79.9. The van der Waals surface area contributed by atoms with Gasteiger partial charge in [-0.05, 0) is 31.9 Å². The van der Waals surface area contributed by atoms with Crippen molar-refractivity contribution in [3.8, 4) is 5.75 Å². The van der Waals surface area contributed by atoms with Crippen LogP contribution in [-0.4, -0.2) is 9.78 Å². The van der Waals surface area contributed by atoms with Crippen LogP contribution in [0.3, 0.4) is 0 Å². The molecular formula is C16H21BrN2O. The lowest BCUT2D eigenvalue weighted by Gasteiger charge is -2.13. The van der Waals surface area contributed by atoms with Gasteiger partial charge in [-0.2, -0.15) is 5.10 Å². The maximum absolute atomic E-state index is 6.05. The normalized spacial score (nSPS) is 10.8. The van der Waals surface area contributed by atoms with E-state index in [2.05, 4.69) is 66.1 Å². The maximum atomic E-state index is 6.05. The van der Waals surface area contributed by atoms with Gasteiger partial charge in [-0.3, -0.25) is 4.68 Å². The Morgan fingerprint density at radius 1 is 1.30 bits per heavy atom. The van der Waals surface area contributed by atoms with E-state index in [-0.39, 0.29) is 0 Å². The van der Waals surface area contributed by atoms with Crippen LogP contribution in [0.25, 0.3) is 0 Å². The fourth-order valence-electron chi connectivity index (χ4n) is 2.25. The third-order valence-electron chi connectivity index (χ3n) is 3.38. The summed E-state index contributed by atoms with van der Waals surface area (Å²) >= 11 is 3.51. The lowest BCUT2D eigenvalue weighted by Crippen LogP contribution is -2.07. The first-order chi connectivity index (χ1) is 9.69. The first kappa shape index (κ1) is 15.1. The minimum atomic E-state index is 0.561. The van der Waals surface area contributed by atoms with Crippen LogP contribution >= 0.6 is 15.9 Å². The Bertz CT molecular complexity index is 578. The van der Waals surface area contributed by atoms with Crippen LogP contribution in [0.15, 0.2) is 24.3 Å². The maximum Gasteiger partial charge on any atom is 0.130 e. The van der Waals surface area contributed by atoms with Crippen molar-refractivity contribution in [2.45, 2.75) is 45.7 Å². The van der Waals surface area contributed by atoms with Crippen molar-refractivity contribution in [2.24, 2.45) is 0 Å². The van der Waals surface area contributed by atoms with Gasteiger partial charge in [0.25, 0.3) is 0 Å². The highest BCUT2D eigenvalue weighted by Gasteiger charge is 2.10. The van der Waals surface area contributed by atoms with Crippen LogP contribution in [0, 0.1) is 6.92 Å². The highest BCUT2D eigenvalue weighted by Crippen LogP contribution is 2.26. The Morgan fingerprint density at radius 3 is 2.75 bits per heavy atom. The molecule has 108 valence electrons. The minimum absolute atomic E-state index is 0.561. The molecule has 4 heteroatoms. The Morgan fingerprint density at radius 2 is 2.10 bits per heavy atom. The van der Waals surface area contributed by atoms with Crippen LogP contribution in [0.4, 0.5) is 0 Å². The highest BCUT2D eigenvalue weighted by molar-refractivity contribution is 9.08. The fraction of sp³-hybridized carbons (Fsp3) is 0.438. The Hall–Kier alpha value is -1.29. The molecule has 0 aliphatic heterocycles. The van der Waals surface area contributed by atoms with Crippen LogP contribution < -0.4 is 4.74 Å². The van der Waals surface area contributed by atoms with Gasteiger partial charge in [0.2, 0.25) is 0 Å². The SMILES string of the molecule is CCc1cc(COc2c(C)cccc2CBr)n(CC)n1. The van der Waals surface area contributed by atoms with E-state index in [1.165, 1.54) is 11.1 Å². The van der Waals surface area contributed by atoms with Crippen molar-refractivity contribution in [3.05, 3.63) is 46.8 Å². The third-order valence-corrected chi connectivity index (χ3v) is 3.98. The fourth-order valence-corrected chi connectivity index (χ4v) is 2.69. The number of para-hydroxylation sites is 1. The van der Waals surface area contributed by atoms with E-state index in [0.717, 1.165) is 35.4 Å².